The van der Waals surface area contributed by atoms with Crippen LogP contribution in [0.15, 0.2) is 11.1 Å². The first kappa shape index (κ1) is 12.8. The van der Waals surface area contributed by atoms with E-state index in [0.717, 1.165) is 0 Å². The van der Waals surface area contributed by atoms with Crippen molar-refractivity contribution in [2.24, 2.45) is 5.73 Å². The first-order valence-electron chi connectivity index (χ1n) is 5.87. The van der Waals surface area contributed by atoms with Crippen LogP contribution in [0.2, 0.25) is 0 Å². The Morgan fingerprint density at radius 1 is 1.72 bits per heavy atom. The smallest absolute Gasteiger partial charge is 0.295 e. The summed E-state index contributed by atoms with van der Waals surface area (Å²) in [4.78, 5) is 20.3. The Hall–Kier alpha value is -1.60. The number of H-pyrrole nitrogens is 1. The van der Waals surface area contributed by atoms with Gasteiger partial charge in [-0.2, -0.15) is 0 Å². The van der Waals surface area contributed by atoms with Gasteiger partial charge in [-0.25, -0.2) is 4.98 Å². The van der Waals surface area contributed by atoms with Crippen LogP contribution in [-0.4, -0.2) is 48.9 Å². The molecule has 0 amide bonds. The van der Waals surface area contributed by atoms with Crippen molar-refractivity contribution in [1.82, 2.24) is 9.97 Å². The number of methoxy groups -OCH3 is 1. The van der Waals surface area contributed by atoms with Gasteiger partial charge < -0.3 is 25.1 Å². The van der Waals surface area contributed by atoms with Crippen LogP contribution >= 0.6 is 0 Å². The molecule has 0 spiro atoms. The lowest BCUT2D eigenvalue weighted by atomic mass is 10.1. The Morgan fingerprint density at radius 2 is 2.50 bits per heavy atom. The van der Waals surface area contributed by atoms with Gasteiger partial charge >= 0.3 is 0 Å². The predicted molar refractivity (Wildman–Crippen MR) is 67.0 cm³/mol. The molecule has 7 nitrogen and oxygen atoms in total. The largest absolute Gasteiger partial charge is 0.489 e. The molecule has 2 unspecified atom stereocenters. The van der Waals surface area contributed by atoms with Crippen molar-refractivity contribution in [2.75, 3.05) is 31.7 Å². The van der Waals surface area contributed by atoms with Crippen molar-refractivity contribution in [3.8, 4) is 5.75 Å². The molecule has 2 rings (SSSR count). The highest BCUT2D eigenvalue weighted by molar-refractivity contribution is 5.51. The van der Waals surface area contributed by atoms with Gasteiger partial charge in [0.25, 0.3) is 5.56 Å². The molecule has 2 atom stereocenters. The van der Waals surface area contributed by atoms with Gasteiger partial charge in [-0.1, -0.05) is 0 Å². The van der Waals surface area contributed by atoms with Gasteiger partial charge in [-0.05, 0) is 6.92 Å². The molecule has 1 aromatic heterocycles. The standard InChI is InChI=1S/C11H18N4O3/c1-7(12)8-5-15(3-4-18-8)10-9(17-2)11(16)14-6-13-10/h6-8H,3-5,12H2,1-2H3,(H,13,14,16). The highest BCUT2D eigenvalue weighted by Gasteiger charge is 2.26. The number of aromatic amines is 1. The van der Waals surface area contributed by atoms with Gasteiger partial charge in [0.05, 0.1) is 26.1 Å². The quantitative estimate of drug-likeness (QED) is 0.743. The third-order valence-electron chi connectivity index (χ3n) is 2.98. The number of rotatable bonds is 3. The lowest BCUT2D eigenvalue weighted by molar-refractivity contribution is 0.0272. The van der Waals surface area contributed by atoms with Crippen LogP contribution in [-0.2, 0) is 4.74 Å². The molecule has 18 heavy (non-hydrogen) atoms. The summed E-state index contributed by atoms with van der Waals surface area (Å²) in [5.74, 6) is 0.762. The fourth-order valence-electron chi connectivity index (χ4n) is 1.97. The zero-order valence-electron chi connectivity index (χ0n) is 10.5. The normalized spacial score (nSPS) is 21.7. The zero-order valence-corrected chi connectivity index (χ0v) is 10.5. The molecule has 1 aromatic rings. The predicted octanol–water partition coefficient (Wildman–Crippen LogP) is -0.669. The van der Waals surface area contributed by atoms with E-state index < -0.39 is 0 Å². The molecular formula is C11H18N4O3. The van der Waals surface area contributed by atoms with Crippen molar-refractivity contribution in [1.29, 1.82) is 0 Å². The number of nitrogens with one attached hydrogen (secondary N) is 1. The average Bonchev–Trinajstić information content (AvgIpc) is 2.38. The van der Waals surface area contributed by atoms with E-state index in [1.165, 1.54) is 13.4 Å². The van der Waals surface area contributed by atoms with E-state index in [4.69, 9.17) is 15.2 Å². The minimum Gasteiger partial charge on any atom is -0.489 e. The van der Waals surface area contributed by atoms with Crippen LogP contribution < -0.4 is 20.9 Å². The third-order valence-corrected chi connectivity index (χ3v) is 2.98. The Labute approximate surface area is 105 Å². The second-order valence-electron chi connectivity index (χ2n) is 4.30. The van der Waals surface area contributed by atoms with Gasteiger partial charge in [-0.3, -0.25) is 4.79 Å². The van der Waals surface area contributed by atoms with Crippen LogP contribution in [0.3, 0.4) is 0 Å². The monoisotopic (exact) mass is 254 g/mol. The van der Waals surface area contributed by atoms with Crippen molar-refractivity contribution in [3.05, 3.63) is 16.7 Å². The van der Waals surface area contributed by atoms with Crippen LogP contribution in [0.25, 0.3) is 0 Å². The number of nitrogens with two attached hydrogens (primary N) is 1. The van der Waals surface area contributed by atoms with E-state index >= 15 is 0 Å². The minimum atomic E-state index is -0.286. The topological polar surface area (TPSA) is 93.5 Å². The number of nitrogens with zero attached hydrogens (tertiary/aromatic N) is 2. The summed E-state index contributed by atoms with van der Waals surface area (Å²) in [7, 11) is 1.46. The van der Waals surface area contributed by atoms with E-state index in [0.29, 0.717) is 25.5 Å². The third kappa shape index (κ3) is 2.46. The molecule has 0 bridgehead atoms. The molecule has 7 heteroatoms. The number of hydrogen-bond acceptors (Lipinski definition) is 6. The zero-order chi connectivity index (χ0) is 13.1. The minimum absolute atomic E-state index is 0.0652. The maximum absolute atomic E-state index is 11.6. The Kier molecular flexibility index (Phi) is 3.83. The average molecular weight is 254 g/mol. The summed E-state index contributed by atoms with van der Waals surface area (Å²) in [5, 5.41) is 0. The molecule has 0 saturated carbocycles. The molecule has 1 aliphatic heterocycles. The molecule has 0 aromatic carbocycles. The molecule has 1 saturated heterocycles. The van der Waals surface area contributed by atoms with Gasteiger partial charge in [0.2, 0.25) is 5.75 Å². The SMILES string of the molecule is COc1c(N2CCOC(C(C)N)C2)nc[nH]c1=O. The molecule has 1 aliphatic rings. The summed E-state index contributed by atoms with van der Waals surface area (Å²) < 4.78 is 10.7. The fraction of sp³-hybridized carbons (Fsp3) is 0.636. The van der Waals surface area contributed by atoms with Crippen LogP contribution in [0.4, 0.5) is 5.82 Å². The van der Waals surface area contributed by atoms with Crippen LogP contribution in [0.5, 0.6) is 5.75 Å². The number of anilines is 1. The summed E-state index contributed by atoms with van der Waals surface area (Å²) in [6, 6.07) is -0.0687. The number of morpholine rings is 1. The molecule has 3 N–H and O–H groups in total. The van der Waals surface area contributed by atoms with Gasteiger partial charge in [-0.15, -0.1) is 0 Å². The summed E-state index contributed by atoms with van der Waals surface area (Å²) in [5.41, 5.74) is 5.55. The van der Waals surface area contributed by atoms with Gasteiger partial charge in [0.15, 0.2) is 5.82 Å². The maximum atomic E-state index is 11.6. The highest BCUT2D eigenvalue weighted by Crippen LogP contribution is 2.22. The second kappa shape index (κ2) is 5.36. The molecular weight excluding hydrogens is 236 g/mol. The second-order valence-corrected chi connectivity index (χ2v) is 4.30. The van der Waals surface area contributed by atoms with E-state index in [-0.39, 0.29) is 23.5 Å². The van der Waals surface area contributed by atoms with Gasteiger partial charge in [0.1, 0.15) is 0 Å². The van der Waals surface area contributed by atoms with Crippen molar-refractivity contribution in [3.63, 3.8) is 0 Å². The summed E-state index contributed by atoms with van der Waals surface area (Å²) >= 11 is 0. The lowest BCUT2D eigenvalue weighted by Crippen LogP contribution is -2.50. The Bertz CT molecular complexity index is 460. The fourth-order valence-corrected chi connectivity index (χ4v) is 1.97. The number of hydrogen-bond donors (Lipinski definition) is 2. The Balaban J connectivity index is 2.26. The molecule has 1 fully saturated rings. The van der Waals surface area contributed by atoms with Crippen molar-refractivity contribution in [2.45, 2.75) is 19.1 Å². The van der Waals surface area contributed by atoms with Gasteiger partial charge in [0, 0.05) is 19.1 Å². The van der Waals surface area contributed by atoms with E-state index in [9.17, 15) is 4.79 Å². The summed E-state index contributed by atoms with van der Waals surface area (Å²) in [6.07, 6.45) is 1.31. The van der Waals surface area contributed by atoms with E-state index in [2.05, 4.69) is 9.97 Å². The molecule has 0 aliphatic carbocycles. The Morgan fingerprint density at radius 3 is 3.17 bits per heavy atom. The first-order chi connectivity index (χ1) is 8.63. The van der Waals surface area contributed by atoms with Crippen LogP contribution in [0.1, 0.15) is 6.92 Å². The van der Waals surface area contributed by atoms with E-state index in [1.54, 1.807) is 0 Å². The lowest BCUT2D eigenvalue weighted by Gasteiger charge is -2.35. The first-order valence-corrected chi connectivity index (χ1v) is 5.87. The number of aromatic nitrogens is 2. The highest BCUT2D eigenvalue weighted by atomic mass is 16.5. The number of ether oxygens (including phenoxy) is 2. The maximum Gasteiger partial charge on any atom is 0.295 e. The van der Waals surface area contributed by atoms with E-state index in [1.807, 2.05) is 11.8 Å². The van der Waals surface area contributed by atoms with Crippen LogP contribution in [0, 0.1) is 0 Å². The van der Waals surface area contributed by atoms with Crippen molar-refractivity contribution < 1.29 is 9.47 Å². The molecule has 2 heterocycles. The van der Waals surface area contributed by atoms with Crippen molar-refractivity contribution >= 4 is 5.82 Å². The molecule has 0 radical (unpaired) electrons. The summed E-state index contributed by atoms with van der Waals surface area (Å²) in [6.45, 7) is 3.72. The molecule has 100 valence electrons.